The van der Waals surface area contributed by atoms with Crippen LogP contribution in [0.4, 0.5) is 0 Å². The van der Waals surface area contributed by atoms with Crippen LogP contribution in [0.1, 0.15) is 37.9 Å². The standard InChI is InChI=1S/C19H19N3OS/c1-11-16-12(2)20-13(3)21-18(16)24-17(11)19(23)22-9-8-14-6-4-5-7-15(14)10-22/h4-7H,8-10H2,1-3H3. The molecule has 0 fully saturated rings. The maximum Gasteiger partial charge on any atom is 0.264 e. The first-order chi connectivity index (χ1) is 11.5. The average molecular weight is 337 g/mol. The van der Waals surface area contributed by atoms with E-state index in [1.807, 2.05) is 31.7 Å². The van der Waals surface area contributed by atoms with Gasteiger partial charge >= 0.3 is 0 Å². The predicted octanol–water partition coefficient (Wildman–Crippen LogP) is 3.82. The molecule has 24 heavy (non-hydrogen) atoms. The number of nitrogens with zero attached hydrogens (tertiary/aromatic N) is 3. The summed E-state index contributed by atoms with van der Waals surface area (Å²) in [5.74, 6) is 0.870. The van der Waals surface area contributed by atoms with Crippen LogP contribution in [0, 0.1) is 20.8 Å². The number of carbonyl (C=O) groups is 1. The van der Waals surface area contributed by atoms with Crippen LogP contribution < -0.4 is 0 Å². The summed E-state index contributed by atoms with van der Waals surface area (Å²) in [5.41, 5.74) is 4.57. The van der Waals surface area contributed by atoms with E-state index in [4.69, 9.17) is 0 Å². The predicted molar refractivity (Wildman–Crippen MR) is 96.5 cm³/mol. The van der Waals surface area contributed by atoms with Gasteiger partial charge in [-0.05, 0) is 43.9 Å². The van der Waals surface area contributed by atoms with Crippen molar-refractivity contribution in [1.82, 2.24) is 14.9 Å². The number of aryl methyl sites for hydroxylation is 3. The van der Waals surface area contributed by atoms with Crippen LogP contribution >= 0.6 is 11.3 Å². The van der Waals surface area contributed by atoms with Crippen LogP contribution in [0.3, 0.4) is 0 Å². The molecule has 0 saturated carbocycles. The Bertz CT molecular complexity index is 961. The first-order valence-corrected chi connectivity index (χ1v) is 8.96. The molecule has 0 saturated heterocycles. The van der Waals surface area contributed by atoms with E-state index in [0.717, 1.165) is 45.1 Å². The van der Waals surface area contributed by atoms with Gasteiger partial charge in [0, 0.05) is 24.2 Å². The van der Waals surface area contributed by atoms with Gasteiger partial charge in [-0.15, -0.1) is 11.3 Å². The lowest BCUT2D eigenvalue weighted by Gasteiger charge is -2.28. The molecule has 0 N–H and O–H groups in total. The number of aromatic nitrogens is 2. The average Bonchev–Trinajstić information content (AvgIpc) is 2.90. The molecule has 2 aromatic heterocycles. The van der Waals surface area contributed by atoms with E-state index in [2.05, 4.69) is 28.2 Å². The molecule has 4 nitrogen and oxygen atoms in total. The fourth-order valence-corrected chi connectivity index (χ4v) is 4.74. The van der Waals surface area contributed by atoms with Gasteiger partial charge in [-0.2, -0.15) is 0 Å². The number of hydrogen-bond donors (Lipinski definition) is 0. The van der Waals surface area contributed by atoms with Gasteiger partial charge in [0.15, 0.2) is 0 Å². The van der Waals surface area contributed by atoms with Crippen molar-refractivity contribution >= 4 is 27.5 Å². The fourth-order valence-electron chi connectivity index (χ4n) is 3.49. The van der Waals surface area contributed by atoms with E-state index in [1.165, 1.54) is 22.5 Å². The molecule has 0 aliphatic carbocycles. The van der Waals surface area contributed by atoms with Gasteiger partial charge in [-0.3, -0.25) is 4.79 Å². The van der Waals surface area contributed by atoms with Crippen LogP contribution in [0.15, 0.2) is 24.3 Å². The Labute approximate surface area is 145 Å². The molecule has 0 unspecified atom stereocenters. The van der Waals surface area contributed by atoms with E-state index in [-0.39, 0.29) is 5.91 Å². The Morgan fingerprint density at radius 1 is 1.12 bits per heavy atom. The first kappa shape index (κ1) is 15.3. The summed E-state index contributed by atoms with van der Waals surface area (Å²) in [5, 5.41) is 1.03. The van der Waals surface area contributed by atoms with Crippen molar-refractivity contribution in [1.29, 1.82) is 0 Å². The zero-order chi connectivity index (χ0) is 16.8. The van der Waals surface area contributed by atoms with Gasteiger partial charge in [0.2, 0.25) is 0 Å². The number of fused-ring (bicyclic) bond motifs is 2. The van der Waals surface area contributed by atoms with Gasteiger partial charge in [0.25, 0.3) is 5.91 Å². The zero-order valence-electron chi connectivity index (χ0n) is 14.1. The van der Waals surface area contributed by atoms with Gasteiger partial charge in [0.1, 0.15) is 10.7 Å². The molecule has 0 spiro atoms. The van der Waals surface area contributed by atoms with Gasteiger partial charge in [-0.1, -0.05) is 24.3 Å². The molecule has 1 aromatic carbocycles. The summed E-state index contributed by atoms with van der Waals surface area (Å²) >= 11 is 1.49. The van der Waals surface area contributed by atoms with E-state index in [0.29, 0.717) is 6.54 Å². The number of hydrogen-bond acceptors (Lipinski definition) is 4. The molecule has 5 heteroatoms. The normalized spacial score (nSPS) is 14.0. The molecule has 1 aliphatic heterocycles. The lowest BCUT2D eigenvalue weighted by molar-refractivity contribution is 0.0739. The number of carbonyl (C=O) groups excluding carboxylic acids is 1. The maximum absolute atomic E-state index is 13.1. The van der Waals surface area contributed by atoms with Crippen LogP contribution in [-0.2, 0) is 13.0 Å². The monoisotopic (exact) mass is 337 g/mol. The van der Waals surface area contributed by atoms with E-state index in [1.54, 1.807) is 0 Å². The van der Waals surface area contributed by atoms with Crippen molar-refractivity contribution in [2.45, 2.75) is 33.7 Å². The maximum atomic E-state index is 13.1. The zero-order valence-corrected chi connectivity index (χ0v) is 14.9. The second-order valence-electron chi connectivity index (χ2n) is 6.34. The SMILES string of the molecule is Cc1nc(C)c2c(C)c(C(=O)N3CCc4ccccc4C3)sc2n1. The van der Waals surface area contributed by atoms with E-state index < -0.39 is 0 Å². The fraction of sp³-hybridized carbons (Fsp3) is 0.316. The highest BCUT2D eigenvalue weighted by atomic mass is 32.1. The van der Waals surface area contributed by atoms with Crippen molar-refractivity contribution in [3.63, 3.8) is 0 Å². The quantitative estimate of drug-likeness (QED) is 0.678. The molecule has 0 bridgehead atoms. The van der Waals surface area contributed by atoms with Crippen molar-refractivity contribution in [2.24, 2.45) is 0 Å². The molecule has 3 heterocycles. The van der Waals surface area contributed by atoms with Crippen molar-refractivity contribution in [3.05, 3.63) is 57.4 Å². The second-order valence-corrected chi connectivity index (χ2v) is 7.34. The summed E-state index contributed by atoms with van der Waals surface area (Å²) in [7, 11) is 0. The summed E-state index contributed by atoms with van der Waals surface area (Å²) in [6.07, 6.45) is 0.920. The highest BCUT2D eigenvalue weighted by molar-refractivity contribution is 7.20. The minimum atomic E-state index is 0.113. The second kappa shape index (κ2) is 5.67. The van der Waals surface area contributed by atoms with Crippen LogP contribution in [0.25, 0.3) is 10.2 Å². The van der Waals surface area contributed by atoms with Crippen molar-refractivity contribution in [3.8, 4) is 0 Å². The molecule has 4 rings (SSSR count). The largest absolute Gasteiger partial charge is 0.333 e. The molecular weight excluding hydrogens is 318 g/mol. The highest BCUT2D eigenvalue weighted by Crippen LogP contribution is 2.33. The van der Waals surface area contributed by atoms with Crippen molar-refractivity contribution in [2.75, 3.05) is 6.54 Å². The van der Waals surface area contributed by atoms with Gasteiger partial charge in [0.05, 0.1) is 4.88 Å². The molecule has 0 radical (unpaired) electrons. The molecule has 0 atom stereocenters. The Kier molecular flexibility index (Phi) is 3.61. The molecule has 122 valence electrons. The van der Waals surface area contributed by atoms with Gasteiger partial charge < -0.3 is 4.90 Å². The number of benzene rings is 1. The minimum absolute atomic E-state index is 0.113. The molecule has 1 aliphatic rings. The Balaban J connectivity index is 1.72. The summed E-state index contributed by atoms with van der Waals surface area (Å²) < 4.78 is 0. The third-order valence-electron chi connectivity index (χ3n) is 4.69. The summed E-state index contributed by atoms with van der Waals surface area (Å²) in [4.78, 5) is 25.7. The Morgan fingerprint density at radius 3 is 2.67 bits per heavy atom. The Hall–Kier alpha value is -2.27. The summed E-state index contributed by atoms with van der Waals surface area (Å²) in [6, 6.07) is 8.38. The lowest BCUT2D eigenvalue weighted by Crippen LogP contribution is -2.35. The smallest absolute Gasteiger partial charge is 0.264 e. The Morgan fingerprint density at radius 2 is 1.88 bits per heavy atom. The van der Waals surface area contributed by atoms with Crippen LogP contribution in [-0.4, -0.2) is 27.3 Å². The minimum Gasteiger partial charge on any atom is -0.333 e. The first-order valence-electron chi connectivity index (χ1n) is 8.15. The molecule has 1 amide bonds. The van der Waals surface area contributed by atoms with Crippen LogP contribution in [0.5, 0.6) is 0 Å². The van der Waals surface area contributed by atoms with E-state index in [9.17, 15) is 4.79 Å². The van der Waals surface area contributed by atoms with Crippen LogP contribution in [0.2, 0.25) is 0 Å². The number of rotatable bonds is 1. The molecular formula is C19H19N3OS. The third kappa shape index (κ3) is 2.40. The van der Waals surface area contributed by atoms with Gasteiger partial charge in [-0.25, -0.2) is 9.97 Å². The third-order valence-corrected chi connectivity index (χ3v) is 5.87. The highest BCUT2D eigenvalue weighted by Gasteiger charge is 2.26. The number of thiophene rings is 1. The topological polar surface area (TPSA) is 46.1 Å². The lowest BCUT2D eigenvalue weighted by atomic mass is 9.99. The molecule has 3 aromatic rings. The van der Waals surface area contributed by atoms with E-state index >= 15 is 0 Å². The summed E-state index contributed by atoms with van der Waals surface area (Å²) in [6.45, 7) is 7.35. The van der Waals surface area contributed by atoms with Crippen molar-refractivity contribution < 1.29 is 4.79 Å². The number of amides is 1.